The summed E-state index contributed by atoms with van der Waals surface area (Å²) >= 11 is 0. The molecule has 122 valence electrons. The molecule has 1 atom stereocenters. The van der Waals surface area contributed by atoms with Gasteiger partial charge in [-0.2, -0.15) is 0 Å². The van der Waals surface area contributed by atoms with Gasteiger partial charge in [0.05, 0.1) is 21.3 Å². The molecule has 0 saturated carbocycles. The fourth-order valence-corrected chi connectivity index (χ4v) is 3.22. The zero-order valence-electron chi connectivity index (χ0n) is 13.9. The fraction of sp³-hybridized carbons (Fsp3) is 0.368. The second kappa shape index (κ2) is 6.82. The van der Waals surface area contributed by atoms with Crippen LogP contribution in [0, 0.1) is 0 Å². The first-order valence-corrected chi connectivity index (χ1v) is 7.88. The van der Waals surface area contributed by atoms with Crippen LogP contribution in [0.25, 0.3) is 0 Å². The van der Waals surface area contributed by atoms with E-state index in [1.54, 1.807) is 21.3 Å². The van der Waals surface area contributed by atoms with Gasteiger partial charge in [-0.1, -0.05) is 24.3 Å². The Balaban J connectivity index is 1.81. The van der Waals surface area contributed by atoms with Crippen molar-refractivity contribution < 1.29 is 14.2 Å². The fourth-order valence-electron chi connectivity index (χ4n) is 3.22. The molecule has 2 aromatic rings. The molecule has 1 N–H and O–H groups in total. The first-order valence-electron chi connectivity index (χ1n) is 7.88. The van der Waals surface area contributed by atoms with E-state index in [-0.39, 0.29) is 0 Å². The van der Waals surface area contributed by atoms with Gasteiger partial charge in [0, 0.05) is 23.9 Å². The summed E-state index contributed by atoms with van der Waals surface area (Å²) in [6, 6.07) is 13.0. The van der Waals surface area contributed by atoms with Gasteiger partial charge in [0.2, 0.25) is 5.75 Å². The van der Waals surface area contributed by atoms with Crippen molar-refractivity contribution in [3.63, 3.8) is 0 Å². The Hall–Kier alpha value is -2.36. The second-order valence-corrected chi connectivity index (χ2v) is 5.77. The summed E-state index contributed by atoms with van der Waals surface area (Å²) < 4.78 is 16.2. The maximum atomic E-state index is 5.42. The van der Waals surface area contributed by atoms with Gasteiger partial charge in [0.15, 0.2) is 11.5 Å². The average Bonchev–Trinajstić information content (AvgIpc) is 2.60. The van der Waals surface area contributed by atoms with Crippen molar-refractivity contribution in [3.8, 4) is 17.2 Å². The van der Waals surface area contributed by atoms with E-state index in [1.807, 2.05) is 12.1 Å². The van der Waals surface area contributed by atoms with Crippen molar-refractivity contribution in [2.45, 2.75) is 25.3 Å². The van der Waals surface area contributed by atoms with Gasteiger partial charge in [0.25, 0.3) is 0 Å². The van der Waals surface area contributed by atoms with Crippen LogP contribution in [-0.2, 0) is 12.8 Å². The van der Waals surface area contributed by atoms with Gasteiger partial charge in [-0.3, -0.25) is 0 Å². The average molecular weight is 313 g/mol. The van der Waals surface area contributed by atoms with E-state index in [0.717, 1.165) is 24.9 Å². The molecule has 0 spiro atoms. The molecule has 0 bridgehead atoms. The molecule has 2 aromatic carbocycles. The molecular formula is C19H23NO3. The van der Waals surface area contributed by atoms with E-state index in [0.29, 0.717) is 23.3 Å². The van der Waals surface area contributed by atoms with Crippen LogP contribution in [0.1, 0.15) is 17.5 Å². The molecule has 0 aliphatic heterocycles. The number of hydrogen-bond donors (Lipinski definition) is 1. The third-order valence-corrected chi connectivity index (χ3v) is 4.38. The highest BCUT2D eigenvalue weighted by atomic mass is 16.5. The number of aryl methyl sites for hydroxylation is 1. The minimum Gasteiger partial charge on any atom is -0.493 e. The molecule has 0 radical (unpaired) electrons. The smallest absolute Gasteiger partial charge is 0.203 e. The van der Waals surface area contributed by atoms with E-state index in [4.69, 9.17) is 14.2 Å². The van der Waals surface area contributed by atoms with E-state index >= 15 is 0 Å². The van der Waals surface area contributed by atoms with Crippen molar-refractivity contribution >= 4 is 5.69 Å². The molecule has 4 nitrogen and oxygen atoms in total. The molecule has 4 heteroatoms. The summed E-state index contributed by atoms with van der Waals surface area (Å²) in [6.45, 7) is 0. The monoisotopic (exact) mass is 313 g/mol. The Kier molecular flexibility index (Phi) is 4.60. The van der Waals surface area contributed by atoms with Crippen LogP contribution in [0.15, 0.2) is 36.4 Å². The summed E-state index contributed by atoms with van der Waals surface area (Å²) in [5.41, 5.74) is 3.89. The summed E-state index contributed by atoms with van der Waals surface area (Å²) in [7, 11) is 4.89. The van der Waals surface area contributed by atoms with E-state index in [1.165, 1.54) is 11.1 Å². The van der Waals surface area contributed by atoms with Crippen LogP contribution in [0.3, 0.4) is 0 Å². The summed E-state index contributed by atoms with van der Waals surface area (Å²) in [5, 5.41) is 3.61. The summed E-state index contributed by atoms with van der Waals surface area (Å²) in [4.78, 5) is 0. The van der Waals surface area contributed by atoms with Crippen LogP contribution >= 0.6 is 0 Å². The number of anilines is 1. The van der Waals surface area contributed by atoms with Crippen molar-refractivity contribution in [1.29, 1.82) is 0 Å². The molecule has 0 heterocycles. The van der Waals surface area contributed by atoms with E-state index in [9.17, 15) is 0 Å². The molecular weight excluding hydrogens is 290 g/mol. The van der Waals surface area contributed by atoms with Crippen molar-refractivity contribution in [2.24, 2.45) is 0 Å². The second-order valence-electron chi connectivity index (χ2n) is 5.77. The third-order valence-electron chi connectivity index (χ3n) is 4.38. The first kappa shape index (κ1) is 15.5. The molecule has 23 heavy (non-hydrogen) atoms. The SMILES string of the molecule is COc1cc(NC2CCc3ccccc3C2)cc(OC)c1OC. The van der Waals surface area contributed by atoms with Gasteiger partial charge in [-0.05, 0) is 30.4 Å². The minimum atomic E-state index is 0.410. The molecule has 1 unspecified atom stereocenters. The molecule has 0 amide bonds. The quantitative estimate of drug-likeness (QED) is 0.914. The largest absolute Gasteiger partial charge is 0.493 e. The summed E-state index contributed by atoms with van der Waals surface area (Å²) in [5.74, 6) is 1.96. The first-order chi connectivity index (χ1) is 11.2. The normalized spacial score (nSPS) is 16.4. The molecule has 0 saturated heterocycles. The highest BCUT2D eigenvalue weighted by Crippen LogP contribution is 2.40. The van der Waals surface area contributed by atoms with Crippen LogP contribution in [-0.4, -0.2) is 27.4 Å². The molecule has 3 rings (SSSR count). The van der Waals surface area contributed by atoms with Gasteiger partial charge in [-0.15, -0.1) is 0 Å². The van der Waals surface area contributed by atoms with Gasteiger partial charge >= 0.3 is 0 Å². The van der Waals surface area contributed by atoms with Crippen molar-refractivity contribution in [1.82, 2.24) is 0 Å². The number of benzene rings is 2. The van der Waals surface area contributed by atoms with Crippen LogP contribution in [0.2, 0.25) is 0 Å². The maximum Gasteiger partial charge on any atom is 0.203 e. The standard InChI is InChI=1S/C19H23NO3/c1-21-17-11-16(12-18(22-2)19(17)23-3)20-15-9-8-13-6-4-5-7-14(13)10-15/h4-7,11-12,15,20H,8-10H2,1-3H3. The molecule has 1 aliphatic carbocycles. The summed E-state index contributed by atoms with van der Waals surface area (Å²) in [6.07, 6.45) is 3.26. The lowest BCUT2D eigenvalue weighted by Crippen LogP contribution is -2.27. The third kappa shape index (κ3) is 3.21. The van der Waals surface area contributed by atoms with Gasteiger partial charge in [0.1, 0.15) is 0 Å². The molecule has 1 aliphatic rings. The molecule has 0 fully saturated rings. The van der Waals surface area contributed by atoms with Gasteiger partial charge < -0.3 is 19.5 Å². The minimum absolute atomic E-state index is 0.410. The molecule has 0 aromatic heterocycles. The Bertz CT molecular complexity index is 659. The van der Waals surface area contributed by atoms with E-state index in [2.05, 4.69) is 29.6 Å². The van der Waals surface area contributed by atoms with Crippen molar-refractivity contribution in [3.05, 3.63) is 47.5 Å². The zero-order valence-corrected chi connectivity index (χ0v) is 13.9. The van der Waals surface area contributed by atoms with E-state index < -0.39 is 0 Å². The van der Waals surface area contributed by atoms with Crippen LogP contribution in [0.5, 0.6) is 17.2 Å². The predicted octanol–water partition coefficient (Wildman–Crippen LogP) is 3.68. The number of ether oxygens (including phenoxy) is 3. The predicted molar refractivity (Wildman–Crippen MR) is 92.0 cm³/mol. The van der Waals surface area contributed by atoms with Gasteiger partial charge in [-0.25, -0.2) is 0 Å². The Labute approximate surface area is 137 Å². The number of nitrogens with one attached hydrogen (secondary N) is 1. The Morgan fingerprint density at radius 1 is 0.913 bits per heavy atom. The van der Waals surface area contributed by atoms with Crippen LogP contribution in [0.4, 0.5) is 5.69 Å². The zero-order chi connectivity index (χ0) is 16.2. The lowest BCUT2D eigenvalue weighted by atomic mass is 9.88. The Morgan fingerprint density at radius 3 is 2.17 bits per heavy atom. The number of methoxy groups -OCH3 is 3. The number of rotatable bonds is 5. The highest BCUT2D eigenvalue weighted by Gasteiger charge is 2.20. The Morgan fingerprint density at radius 2 is 1.57 bits per heavy atom. The number of hydrogen-bond acceptors (Lipinski definition) is 4. The lowest BCUT2D eigenvalue weighted by molar-refractivity contribution is 0.324. The van der Waals surface area contributed by atoms with Crippen LogP contribution < -0.4 is 19.5 Å². The highest BCUT2D eigenvalue weighted by molar-refractivity contribution is 5.63. The topological polar surface area (TPSA) is 39.7 Å². The maximum absolute atomic E-state index is 5.42. The lowest BCUT2D eigenvalue weighted by Gasteiger charge is -2.27. The van der Waals surface area contributed by atoms with Crippen molar-refractivity contribution in [2.75, 3.05) is 26.6 Å². The number of fused-ring (bicyclic) bond motifs is 1.